The first-order valence-corrected chi connectivity index (χ1v) is 12.1. The van der Waals surface area contributed by atoms with E-state index in [0.29, 0.717) is 0 Å². The van der Waals surface area contributed by atoms with Crippen LogP contribution in [0.5, 0.6) is 0 Å². The van der Waals surface area contributed by atoms with Gasteiger partial charge in [0, 0.05) is 34.6 Å². The topological polar surface area (TPSA) is 19.4 Å². The molecule has 3 nitrogen and oxygen atoms in total. The Kier molecular flexibility index (Phi) is 4.37. The van der Waals surface area contributed by atoms with Crippen LogP contribution in [0.15, 0.2) is 109 Å². The number of anilines is 6. The smallest absolute Gasteiger partial charge is 0.254 e. The molecule has 0 atom stereocenters. The Bertz CT molecular complexity index is 1470. The predicted molar refractivity (Wildman–Crippen MR) is 148 cm³/mol. The van der Waals surface area contributed by atoms with Gasteiger partial charge in [-0.1, -0.05) is 71.8 Å². The van der Waals surface area contributed by atoms with Gasteiger partial charge in [0.2, 0.25) is 0 Å². The molecule has 0 N–H and O–H groups in total. The van der Waals surface area contributed by atoms with Crippen molar-refractivity contribution in [3.05, 3.63) is 120 Å². The third-order valence-corrected chi connectivity index (χ3v) is 7.38. The van der Waals surface area contributed by atoms with Crippen LogP contribution in [0.2, 0.25) is 0 Å². The van der Waals surface area contributed by atoms with Gasteiger partial charge in [-0.25, -0.2) is 4.98 Å². The van der Waals surface area contributed by atoms with E-state index in [4.69, 9.17) is 4.98 Å². The van der Waals surface area contributed by atoms with Crippen molar-refractivity contribution in [3.63, 3.8) is 0 Å². The van der Waals surface area contributed by atoms with Crippen molar-refractivity contribution in [1.29, 1.82) is 0 Å². The molecular weight excluding hydrogens is 425 g/mol. The van der Waals surface area contributed by atoms with Crippen LogP contribution in [0.25, 0.3) is 0 Å². The number of fused-ring (bicyclic) bond motifs is 4. The number of aromatic nitrogens is 1. The standard InChI is InChI=1S/C31H24BN3/c1-21-11-9-17-25-28(21)32-29-22(2)12-10-18-26(29)35(24-15-7-4-8-16-24)31-30(32)27(19-20-33-31)34(25)23-13-5-3-6-14-23/h3-20H,1-2H3. The fraction of sp³-hybridized carbons (Fsp3) is 0.0645. The van der Waals surface area contributed by atoms with Gasteiger partial charge < -0.3 is 4.90 Å². The highest BCUT2D eigenvalue weighted by Crippen LogP contribution is 2.43. The molecule has 0 saturated carbocycles. The number of benzene rings is 4. The first kappa shape index (κ1) is 20.1. The second-order valence-electron chi connectivity index (χ2n) is 9.36. The third kappa shape index (κ3) is 2.83. The summed E-state index contributed by atoms with van der Waals surface area (Å²) in [6.45, 7) is 4.61. The number of nitrogens with zero attached hydrogens (tertiary/aromatic N) is 3. The Morgan fingerprint density at radius 2 is 1.03 bits per heavy atom. The number of hydrogen-bond donors (Lipinski definition) is 0. The fourth-order valence-corrected chi connectivity index (χ4v) is 5.94. The third-order valence-electron chi connectivity index (χ3n) is 7.38. The fourth-order valence-electron chi connectivity index (χ4n) is 5.94. The predicted octanol–water partition coefficient (Wildman–Crippen LogP) is 5.78. The normalized spacial score (nSPS) is 13.3. The zero-order chi connectivity index (χ0) is 23.5. The number of pyridine rings is 1. The molecule has 5 aromatic rings. The van der Waals surface area contributed by atoms with Crippen LogP contribution in [0.3, 0.4) is 0 Å². The van der Waals surface area contributed by atoms with Gasteiger partial charge in [-0.2, -0.15) is 0 Å². The minimum absolute atomic E-state index is 0.126. The summed E-state index contributed by atoms with van der Waals surface area (Å²) in [5.41, 5.74) is 12.5. The molecule has 2 aliphatic rings. The van der Waals surface area contributed by atoms with Crippen molar-refractivity contribution in [2.24, 2.45) is 0 Å². The SMILES string of the molecule is Cc1cccc2c1B1c3c(C)cccc3N(c3ccccc3)c3nccc(c31)N2c1ccccc1. The minimum atomic E-state index is 0.126. The second-order valence-corrected chi connectivity index (χ2v) is 9.36. The summed E-state index contributed by atoms with van der Waals surface area (Å²) >= 11 is 0. The number of rotatable bonds is 2. The van der Waals surface area contributed by atoms with Gasteiger partial charge in [0.05, 0.1) is 0 Å². The van der Waals surface area contributed by atoms with Gasteiger partial charge >= 0.3 is 0 Å². The molecule has 0 amide bonds. The highest BCUT2D eigenvalue weighted by Gasteiger charge is 2.44. The molecule has 0 spiro atoms. The van der Waals surface area contributed by atoms with Crippen LogP contribution >= 0.6 is 0 Å². The molecule has 0 saturated heterocycles. The molecule has 2 aliphatic heterocycles. The lowest BCUT2D eigenvalue weighted by Crippen LogP contribution is -2.63. The van der Waals surface area contributed by atoms with Crippen LogP contribution < -0.4 is 26.2 Å². The molecule has 166 valence electrons. The van der Waals surface area contributed by atoms with E-state index in [2.05, 4.69) is 127 Å². The largest absolute Gasteiger partial charge is 0.311 e. The molecule has 1 aromatic heterocycles. The summed E-state index contributed by atoms with van der Waals surface area (Å²) in [5.74, 6) is 1.01. The summed E-state index contributed by atoms with van der Waals surface area (Å²) < 4.78 is 0. The number of aryl methyl sites for hydroxylation is 2. The van der Waals surface area contributed by atoms with Crippen molar-refractivity contribution in [2.45, 2.75) is 13.8 Å². The van der Waals surface area contributed by atoms with Gasteiger partial charge in [-0.15, -0.1) is 0 Å². The van der Waals surface area contributed by atoms with E-state index in [-0.39, 0.29) is 6.71 Å². The highest BCUT2D eigenvalue weighted by atomic mass is 15.2. The average Bonchev–Trinajstić information content (AvgIpc) is 2.90. The van der Waals surface area contributed by atoms with E-state index in [1.54, 1.807) is 0 Å². The van der Waals surface area contributed by atoms with E-state index in [9.17, 15) is 0 Å². The minimum Gasteiger partial charge on any atom is -0.311 e. The Morgan fingerprint density at radius 3 is 1.63 bits per heavy atom. The summed E-state index contributed by atoms with van der Waals surface area (Å²) in [7, 11) is 0. The second kappa shape index (κ2) is 7.61. The van der Waals surface area contributed by atoms with Gasteiger partial charge in [-0.05, 0) is 72.7 Å². The van der Waals surface area contributed by atoms with Gasteiger partial charge in [0.1, 0.15) is 5.82 Å². The summed E-state index contributed by atoms with van der Waals surface area (Å²) in [4.78, 5) is 9.77. The molecule has 35 heavy (non-hydrogen) atoms. The van der Waals surface area contributed by atoms with E-state index >= 15 is 0 Å². The van der Waals surface area contributed by atoms with Crippen LogP contribution in [-0.2, 0) is 0 Å². The Balaban J connectivity index is 1.62. The van der Waals surface area contributed by atoms with Crippen LogP contribution in [0.1, 0.15) is 11.1 Å². The Hall–Kier alpha value is -4.31. The highest BCUT2D eigenvalue weighted by molar-refractivity contribution is 7.00. The zero-order valence-electron chi connectivity index (χ0n) is 19.8. The van der Waals surface area contributed by atoms with E-state index in [1.807, 2.05) is 6.20 Å². The van der Waals surface area contributed by atoms with E-state index in [0.717, 1.165) is 17.2 Å². The van der Waals surface area contributed by atoms with E-state index < -0.39 is 0 Å². The lowest BCUT2D eigenvalue weighted by atomic mass is 9.32. The molecule has 0 radical (unpaired) electrons. The van der Waals surface area contributed by atoms with Crippen molar-refractivity contribution >= 4 is 57.4 Å². The average molecular weight is 449 g/mol. The summed E-state index contributed by atoms with van der Waals surface area (Å²) in [5, 5.41) is 0. The molecule has 0 bridgehead atoms. The quantitative estimate of drug-likeness (QED) is 0.312. The summed E-state index contributed by atoms with van der Waals surface area (Å²) in [6.07, 6.45) is 1.96. The van der Waals surface area contributed by atoms with Gasteiger partial charge in [0.25, 0.3) is 6.71 Å². The van der Waals surface area contributed by atoms with Crippen molar-refractivity contribution in [3.8, 4) is 0 Å². The monoisotopic (exact) mass is 449 g/mol. The van der Waals surface area contributed by atoms with Crippen molar-refractivity contribution in [1.82, 2.24) is 4.98 Å². The van der Waals surface area contributed by atoms with Crippen molar-refractivity contribution < 1.29 is 0 Å². The van der Waals surface area contributed by atoms with Crippen LogP contribution in [0, 0.1) is 13.8 Å². The molecule has 0 aliphatic carbocycles. The van der Waals surface area contributed by atoms with Gasteiger partial charge in [-0.3, -0.25) is 4.90 Å². The number of hydrogen-bond acceptors (Lipinski definition) is 3. The first-order valence-electron chi connectivity index (χ1n) is 12.1. The number of para-hydroxylation sites is 2. The maximum Gasteiger partial charge on any atom is 0.254 e. The maximum atomic E-state index is 5.03. The zero-order valence-corrected chi connectivity index (χ0v) is 19.8. The van der Waals surface area contributed by atoms with Crippen molar-refractivity contribution in [2.75, 3.05) is 9.80 Å². The van der Waals surface area contributed by atoms with Gasteiger partial charge in [0.15, 0.2) is 0 Å². The molecule has 4 heteroatoms. The van der Waals surface area contributed by atoms with E-state index in [1.165, 1.54) is 44.6 Å². The summed E-state index contributed by atoms with van der Waals surface area (Å²) in [6, 6.07) is 36.8. The lowest BCUT2D eigenvalue weighted by Gasteiger charge is -2.44. The lowest BCUT2D eigenvalue weighted by molar-refractivity contribution is 1.17. The Morgan fingerprint density at radius 1 is 0.514 bits per heavy atom. The van der Waals surface area contributed by atoms with Crippen LogP contribution in [-0.4, -0.2) is 11.7 Å². The first-order chi connectivity index (χ1) is 17.2. The molecule has 7 rings (SSSR count). The molecule has 0 fully saturated rings. The van der Waals surface area contributed by atoms with Crippen LogP contribution in [0.4, 0.5) is 34.3 Å². The molecule has 0 unspecified atom stereocenters. The molecular formula is C31H24BN3. The molecule has 4 aromatic carbocycles. The Labute approximate surface area is 206 Å². The molecule has 3 heterocycles. The maximum absolute atomic E-state index is 5.03.